The zero-order valence-corrected chi connectivity index (χ0v) is 20.2. The van der Waals surface area contributed by atoms with E-state index in [-0.39, 0.29) is 5.60 Å². The van der Waals surface area contributed by atoms with Gasteiger partial charge >= 0.3 is 0 Å². The van der Waals surface area contributed by atoms with Crippen LogP contribution in [0.25, 0.3) is 0 Å². The number of rotatable bonds is 0. The van der Waals surface area contributed by atoms with E-state index in [0.29, 0.717) is 35.2 Å². The summed E-state index contributed by atoms with van der Waals surface area (Å²) in [6.45, 7) is 11.0. The number of piperidine rings is 1. The zero-order chi connectivity index (χ0) is 21.5. The maximum absolute atomic E-state index is 12.2. The Balaban J connectivity index is 1.28. The first-order chi connectivity index (χ1) is 14.8. The van der Waals surface area contributed by atoms with Crippen LogP contribution in [0, 0.1) is 40.9 Å². The molecule has 1 N–H and O–H groups in total. The van der Waals surface area contributed by atoms with E-state index in [0.717, 1.165) is 55.9 Å². The molecule has 0 bridgehead atoms. The molecule has 2 unspecified atom stereocenters. The summed E-state index contributed by atoms with van der Waals surface area (Å²) in [7, 11) is 0. The van der Waals surface area contributed by atoms with Crippen LogP contribution in [0.3, 0.4) is 0 Å². The fourth-order valence-corrected chi connectivity index (χ4v) is 9.61. The van der Waals surface area contributed by atoms with Gasteiger partial charge in [-0.25, -0.2) is 0 Å². The van der Waals surface area contributed by atoms with Crippen molar-refractivity contribution < 1.29 is 9.53 Å². The van der Waals surface area contributed by atoms with Crippen LogP contribution in [0.5, 0.6) is 0 Å². The largest absolute Gasteiger partial charge is 0.369 e. The Morgan fingerprint density at radius 3 is 2.77 bits per heavy atom. The number of ether oxygens (including phenoxy) is 1. The highest BCUT2D eigenvalue weighted by Crippen LogP contribution is 2.65. The minimum atomic E-state index is 0.0572. The van der Waals surface area contributed by atoms with Crippen molar-refractivity contribution in [2.45, 2.75) is 110 Å². The van der Waals surface area contributed by atoms with Gasteiger partial charge in [0.05, 0.1) is 11.7 Å². The van der Waals surface area contributed by atoms with Gasteiger partial charge in [0.15, 0.2) is 0 Å². The quantitative estimate of drug-likeness (QED) is 0.507. The molecule has 6 rings (SSSR count). The fraction of sp³-hybridized carbons (Fsp3) is 0.893. The second-order valence-corrected chi connectivity index (χ2v) is 12.9. The standard InChI is InChI=1S/C28H43NO2/c1-16-11-25-26(29-15-16)18(3)28(31-25)10-8-21-22-6-5-19-12-20(30)7-9-27(19,4)24(22)13-23(21)17(2)14-28/h16,18-19,21-22,24-26,29H,5-15H2,1-4H3/t16-,18+,19+,21-,22?,24-,25+,26-,27-,28?/m0/s1. The van der Waals surface area contributed by atoms with Gasteiger partial charge in [0.1, 0.15) is 5.78 Å². The van der Waals surface area contributed by atoms with Gasteiger partial charge in [0.2, 0.25) is 0 Å². The molecular weight excluding hydrogens is 382 g/mol. The maximum atomic E-state index is 12.2. The van der Waals surface area contributed by atoms with Gasteiger partial charge in [-0.1, -0.05) is 31.9 Å². The number of hydrogen-bond acceptors (Lipinski definition) is 3. The van der Waals surface area contributed by atoms with E-state index in [1.54, 1.807) is 5.57 Å². The molecule has 2 aliphatic heterocycles. The summed E-state index contributed by atoms with van der Waals surface area (Å²) >= 11 is 0. The molecule has 6 aliphatic rings. The Morgan fingerprint density at radius 2 is 1.94 bits per heavy atom. The van der Waals surface area contributed by atoms with Gasteiger partial charge in [-0.15, -0.1) is 0 Å². The number of carbonyl (C=O) groups is 1. The van der Waals surface area contributed by atoms with Crippen molar-refractivity contribution in [3.05, 3.63) is 11.1 Å². The summed E-state index contributed by atoms with van der Waals surface area (Å²) in [5.41, 5.74) is 3.95. The SMILES string of the molecule is CC1=C2C[C@H]3C(CC[C@@H]4CC(=O)CC[C@@]43C)[C@@H]2CCC2(C1)O[C@@H]1C[C@H](C)CN[C@H]1[C@H]2C. The maximum Gasteiger partial charge on any atom is 0.133 e. The van der Waals surface area contributed by atoms with Gasteiger partial charge in [-0.2, -0.15) is 0 Å². The Morgan fingerprint density at radius 1 is 1.10 bits per heavy atom. The minimum Gasteiger partial charge on any atom is -0.369 e. The van der Waals surface area contributed by atoms with Crippen LogP contribution in [-0.2, 0) is 9.53 Å². The first-order valence-electron chi connectivity index (χ1n) is 13.4. The van der Waals surface area contributed by atoms with E-state index in [9.17, 15) is 4.79 Å². The van der Waals surface area contributed by atoms with Crippen LogP contribution in [0.4, 0.5) is 0 Å². The van der Waals surface area contributed by atoms with Crippen molar-refractivity contribution in [1.82, 2.24) is 5.32 Å². The number of ketones is 1. The molecule has 2 heterocycles. The highest BCUT2D eigenvalue weighted by molar-refractivity contribution is 5.79. The van der Waals surface area contributed by atoms with Crippen molar-refractivity contribution in [3.8, 4) is 0 Å². The highest BCUT2D eigenvalue weighted by atomic mass is 16.5. The smallest absolute Gasteiger partial charge is 0.133 e. The second-order valence-electron chi connectivity index (χ2n) is 12.9. The fourth-order valence-electron chi connectivity index (χ4n) is 9.61. The van der Waals surface area contributed by atoms with Crippen molar-refractivity contribution in [1.29, 1.82) is 0 Å². The summed E-state index contributed by atoms with van der Waals surface area (Å²) < 4.78 is 7.01. The molecule has 0 aromatic carbocycles. The summed E-state index contributed by atoms with van der Waals surface area (Å²) in [6.07, 6.45) is 12.2. The lowest BCUT2D eigenvalue weighted by molar-refractivity contribution is -0.129. The Hall–Kier alpha value is -0.670. The first kappa shape index (κ1) is 20.9. The Bertz CT molecular complexity index is 803. The lowest BCUT2D eigenvalue weighted by atomic mass is 9.52. The molecule has 172 valence electrons. The third kappa shape index (κ3) is 3.01. The van der Waals surface area contributed by atoms with E-state index < -0.39 is 0 Å². The zero-order valence-electron chi connectivity index (χ0n) is 20.2. The number of carbonyl (C=O) groups excluding carboxylic acids is 1. The molecular formula is C28H43NO2. The molecule has 10 atom stereocenters. The van der Waals surface area contributed by atoms with Gasteiger partial charge < -0.3 is 10.1 Å². The van der Waals surface area contributed by atoms with Crippen molar-refractivity contribution in [3.63, 3.8) is 0 Å². The van der Waals surface area contributed by atoms with Crippen LogP contribution in [0.2, 0.25) is 0 Å². The van der Waals surface area contributed by atoms with Crippen LogP contribution >= 0.6 is 0 Å². The van der Waals surface area contributed by atoms with Gasteiger partial charge in [-0.3, -0.25) is 4.79 Å². The third-order valence-electron chi connectivity index (χ3n) is 11.4. The van der Waals surface area contributed by atoms with Crippen molar-refractivity contribution in [2.75, 3.05) is 6.54 Å². The number of hydrogen-bond donors (Lipinski definition) is 1. The molecule has 3 nitrogen and oxygen atoms in total. The summed E-state index contributed by atoms with van der Waals surface area (Å²) in [5, 5.41) is 3.85. The molecule has 31 heavy (non-hydrogen) atoms. The molecule has 0 aromatic rings. The van der Waals surface area contributed by atoms with Crippen molar-refractivity contribution in [2.24, 2.45) is 40.9 Å². The Kier molecular flexibility index (Phi) is 4.83. The summed E-state index contributed by atoms with van der Waals surface area (Å²) in [5.74, 6) is 4.97. The number of Topliss-reactive ketones (excluding diaryl/α,β-unsaturated/α-hetero) is 1. The van der Waals surface area contributed by atoms with Crippen LogP contribution in [0.15, 0.2) is 11.1 Å². The molecule has 4 aliphatic carbocycles. The number of fused-ring (bicyclic) bond motifs is 6. The molecule has 3 heteroatoms. The predicted molar refractivity (Wildman–Crippen MR) is 124 cm³/mol. The topological polar surface area (TPSA) is 38.3 Å². The molecule has 3 saturated carbocycles. The summed E-state index contributed by atoms with van der Waals surface area (Å²) in [4.78, 5) is 12.2. The predicted octanol–water partition coefficient (Wildman–Crippen LogP) is 5.68. The average Bonchev–Trinajstić information content (AvgIpc) is 3.19. The molecule has 0 radical (unpaired) electrons. The Labute approximate surface area is 189 Å². The second kappa shape index (κ2) is 7.16. The molecule has 5 fully saturated rings. The van der Waals surface area contributed by atoms with E-state index >= 15 is 0 Å². The molecule has 1 spiro atoms. The molecule has 2 saturated heterocycles. The van der Waals surface area contributed by atoms with Crippen LogP contribution in [0.1, 0.15) is 91.9 Å². The van der Waals surface area contributed by atoms with E-state index in [1.165, 1.54) is 38.5 Å². The van der Waals surface area contributed by atoms with Gasteiger partial charge in [0, 0.05) is 24.8 Å². The summed E-state index contributed by atoms with van der Waals surface area (Å²) in [6, 6.07) is 0.550. The van der Waals surface area contributed by atoms with Crippen LogP contribution < -0.4 is 5.32 Å². The number of allylic oxidation sites excluding steroid dienone is 1. The molecule has 0 aromatic heterocycles. The lowest BCUT2D eigenvalue weighted by Gasteiger charge is -2.52. The number of nitrogens with one attached hydrogen (secondary N) is 1. The average molecular weight is 426 g/mol. The third-order valence-corrected chi connectivity index (χ3v) is 11.4. The van der Waals surface area contributed by atoms with Crippen LogP contribution in [-0.4, -0.2) is 30.1 Å². The lowest BCUT2D eigenvalue weighted by Crippen LogP contribution is -2.48. The van der Waals surface area contributed by atoms with E-state index in [4.69, 9.17) is 4.74 Å². The van der Waals surface area contributed by atoms with Gasteiger partial charge in [0.25, 0.3) is 0 Å². The van der Waals surface area contributed by atoms with E-state index in [1.807, 2.05) is 5.57 Å². The molecule has 0 amide bonds. The van der Waals surface area contributed by atoms with Crippen molar-refractivity contribution >= 4 is 5.78 Å². The first-order valence-corrected chi connectivity index (χ1v) is 13.4. The monoisotopic (exact) mass is 425 g/mol. The minimum absolute atomic E-state index is 0.0572. The highest BCUT2D eigenvalue weighted by Gasteiger charge is 2.59. The van der Waals surface area contributed by atoms with E-state index in [2.05, 4.69) is 33.0 Å². The van der Waals surface area contributed by atoms with Gasteiger partial charge in [-0.05, 0) is 99.8 Å². The normalized spacial score (nSPS) is 54.3.